The van der Waals surface area contributed by atoms with E-state index in [-0.39, 0.29) is 10.8 Å². The molecule has 0 spiro atoms. The summed E-state index contributed by atoms with van der Waals surface area (Å²) in [5.41, 5.74) is 3.22. The van der Waals surface area contributed by atoms with E-state index in [1.807, 2.05) is 31.2 Å². The van der Waals surface area contributed by atoms with Crippen molar-refractivity contribution in [3.8, 4) is 0 Å². The summed E-state index contributed by atoms with van der Waals surface area (Å²) in [6.45, 7) is 3.98. The molecule has 3 aromatic carbocycles. The molecule has 174 valence electrons. The van der Waals surface area contributed by atoms with Gasteiger partial charge in [-0.05, 0) is 60.9 Å². The molecule has 9 heteroatoms. The summed E-state index contributed by atoms with van der Waals surface area (Å²) >= 11 is 13.6. The van der Waals surface area contributed by atoms with E-state index in [4.69, 9.17) is 23.2 Å². The number of thioether (sulfide) groups is 1. The zero-order chi connectivity index (χ0) is 24.0. The average Bonchev–Trinajstić information content (AvgIpc) is 2.77. The van der Waals surface area contributed by atoms with Gasteiger partial charge in [0.15, 0.2) is 0 Å². The van der Waals surface area contributed by atoms with Crippen molar-refractivity contribution in [2.45, 2.75) is 24.5 Å². The van der Waals surface area contributed by atoms with Crippen LogP contribution in [0.25, 0.3) is 0 Å². The number of anilines is 1. The van der Waals surface area contributed by atoms with E-state index in [9.17, 15) is 13.2 Å². The smallest absolute Gasteiger partial charge is 0.262 e. The molecule has 0 atom stereocenters. The minimum absolute atomic E-state index is 0.0763. The lowest BCUT2D eigenvalue weighted by Crippen LogP contribution is -2.26. The van der Waals surface area contributed by atoms with Crippen LogP contribution in [-0.2, 0) is 15.8 Å². The van der Waals surface area contributed by atoms with Gasteiger partial charge in [0.1, 0.15) is 0 Å². The molecule has 2 N–H and O–H groups in total. The number of carbonyl (C=O) groups is 1. The van der Waals surface area contributed by atoms with Crippen molar-refractivity contribution < 1.29 is 13.2 Å². The van der Waals surface area contributed by atoms with E-state index in [0.717, 1.165) is 16.9 Å². The van der Waals surface area contributed by atoms with Gasteiger partial charge >= 0.3 is 0 Å². The number of halogens is 2. The Morgan fingerprint density at radius 3 is 2.42 bits per heavy atom. The largest absolute Gasteiger partial charge is 0.351 e. The molecule has 5 nitrogen and oxygen atoms in total. The Labute approximate surface area is 208 Å². The maximum atomic E-state index is 13.0. The van der Waals surface area contributed by atoms with E-state index < -0.39 is 10.0 Å². The molecular weight excluding hydrogens is 499 g/mol. The quantitative estimate of drug-likeness (QED) is 0.334. The van der Waals surface area contributed by atoms with Crippen LogP contribution in [0.1, 0.15) is 27.0 Å². The molecule has 33 heavy (non-hydrogen) atoms. The average molecular weight is 524 g/mol. The predicted octanol–water partition coefficient (Wildman–Crippen LogP) is 6.07. The number of sulfonamides is 1. The normalized spacial score (nSPS) is 11.3. The highest BCUT2D eigenvalue weighted by Crippen LogP contribution is 2.25. The fourth-order valence-corrected chi connectivity index (χ4v) is 5.61. The van der Waals surface area contributed by atoms with Gasteiger partial charge in [-0.2, -0.15) is 11.8 Å². The number of aryl methyl sites for hydroxylation is 2. The third kappa shape index (κ3) is 6.90. The second kappa shape index (κ2) is 11.3. The Kier molecular flexibility index (Phi) is 8.70. The monoisotopic (exact) mass is 522 g/mol. The fourth-order valence-electron chi connectivity index (χ4n) is 3.08. The molecule has 0 saturated heterocycles. The Bertz CT molecular complexity index is 1260. The molecular formula is C24H24Cl2N2O3S2. The number of hydrogen-bond donors (Lipinski definition) is 2. The van der Waals surface area contributed by atoms with Crippen LogP contribution in [0.2, 0.25) is 10.0 Å². The predicted molar refractivity (Wildman–Crippen MR) is 138 cm³/mol. The number of benzene rings is 3. The van der Waals surface area contributed by atoms with Crippen LogP contribution < -0.4 is 10.0 Å². The van der Waals surface area contributed by atoms with E-state index >= 15 is 0 Å². The molecule has 0 fully saturated rings. The second-order valence-electron chi connectivity index (χ2n) is 7.46. The SMILES string of the molecule is Cc1ccccc1NS(=O)(=O)c1cc(C(=O)NCCSCc2ccc(Cl)c(Cl)c2)ccc1C. The highest BCUT2D eigenvalue weighted by atomic mass is 35.5. The van der Waals surface area contributed by atoms with Gasteiger partial charge < -0.3 is 5.32 Å². The number of hydrogen-bond acceptors (Lipinski definition) is 4. The molecule has 0 saturated carbocycles. The highest BCUT2D eigenvalue weighted by molar-refractivity contribution is 7.98. The number of nitrogens with one attached hydrogen (secondary N) is 2. The topological polar surface area (TPSA) is 75.3 Å². The van der Waals surface area contributed by atoms with Crippen LogP contribution in [0.5, 0.6) is 0 Å². The lowest BCUT2D eigenvalue weighted by molar-refractivity contribution is 0.0956. The maximum Gasteiger partial charge on any atom is 0.262 e. The van der Waals surface area contributed by atoms with Gasteiger partial charge in [0.05, 0.1) is 20.6 Å². The Morgan fingerprint density at radius 1 is 0.939 bits per heavy atom. The first-order valence-electron chi connectivity index (χ1n) is 10.2. The standard InChI is InChI=1S/C24H24Cl2N2O3S2/c1-16-5-3-4-6-22(16)28-33(30,31)23-14-19(9-7-17(23)2)24(29)27-11-12-32-15-18-8-10-20(25)21(26)13-18/h3-10,13-14,28H,11-12,15H2,1-2H3,(H,27,29). The minimum Gasteiger partial charge on any atom is -0.351 e. The number of para-hydroxylation sites is 1. The van der Waals surface area contributed by atoms with Gasteiger partial charge in [0, 0.05) is 23.6 Å². The summed E-state index contributed by atoms with van der Waals surface area (Å²) in [5, 5.41) is 3.88. The van der Waals surface area contributed by atoms with Crippen LogP contribution >= 0.6 is 35.0 Å². The Hall–Kier alpha value is -2.19. The molecule has 0 heterocycles. The summed E-state index contributed by atoms with van der Waals surface area (Å²) in [5.74, 6) is 1.11. The zero-order valence-corrected chi connectivity index (χ0v) is 21.3. The summed E-state index contributed by atoms with van der Waals surface area (Å²) in [6.07, 6.45) is 0. The zero-order valence-electron chi connectivity index (χ0n) is 18.2. The molecule has 3 aromatic rings. The third-order valence-corrected chi connectivity index (χ3v) is 8.19. The van der Waals surface area contributed by atoms with Crippen molar-refractivity contribution in [2.24, 2.45) is 0 Å². The van der Waals surface area contributed by atoms with Gasteiger partial charge in [0.25, 0.3) is 15.9 Å². The summed E-state index contributed by atoms with van der Waals surface area (Å²) < 4.78 is 28.5. The molecule has 0 unspecified atom stereocenters. The number of carbonyl (C=O) groups excluding carboxylic acids is 1. The van der Waals surface area contributed by atoms with Crippen molar-refractivity contribution in [1.29, 1.82) is 0 Å². The van der Waals surface area contributed by atoms with Crippen molar-refractivity contribution in [1.82, 2.24) is 5.32 Å². The second-order valence-corrected chi connectivity index (χ2v) is 11.0. The molecule has 0 radical (unpaired) electrons. The summed E-state index contributed by atoms with van der Waals surface area (Å²) in [6, 6.07) is 17.3. The Morgan fingerprint density at radius 2 is 1.70 bits per heavy atom. The van der Waals surface area contributed by atoms with Crippen LogP contribution in [-0.4, -0.2) is 26.6 Å². The van der Waals surface area contributed by atoms with E-state index in [1.54, 1.807) is 49.0 Å². The van der Waals surface area contributed by atoms with Crippen LogP contribution in [0.15, 0.2) is 65.6 Å². The molecule has 0 aliphatic carbocycles. The van der Waals surface area contributed by atoms with Crippen molar-refractivity contribution in [2.75, 3.05) is 17.0 Å². The van der Waals surface area contributed by atoms with Gasteiger partial charge in [0.2, 0.25) is 0 Å². The van der Waals surface area contributed by atoms with Gasteiger partial charge in [-0.15, -0.1) is 0 Å². The number of rotatable bonds is 9. The molecule has 0 bridgehead atoms. The van der Waals surface area contributed by atoms with E-state index in [2.05, 4.69) is 10.0 Å². The minimum atomic E-state index is -3.84. The molecule has 0 aromatic heterocycles. The molecule has 0 aliphatic rings. The first-order valence-corrected chi connectivity index (χ1v) is 13.6. The summed E-state index contributed by atoms with van der Waals surface area (Å²) in [7, 11) is -3.84. The van der Waals surface area contributed by atoms with Crippen LogP contribution in [0, 0.1) is 13.8 Å². The molecule has 0 aliphatic heterocycles. The lowest BCUT2D eigenvalue weighted by Gasteiger charge is -2.13. The lowest BCUT2D eigenvalue weighted by atomic mass is 10.1. The molecule has 3 rings (SSSR count). The van der Waals surface area contributed by atoms with Crippen LogP contribution in [0.3, 0.4) is 0 Å². The summed E-state index contributed by atoms with van der Waals surface area (Å²) in [4.78, 5) is 12.7. The third-order valence-electron chi connectivity index (χ3n) is 4.91. The first-order chi connectivity index (χ1) is 15.7. The van der Waals surface area contributed by atoms with Crippen LogP contribution in [0.4, 0.5) is 5.69 Å². The van der Waals surface area contributed by atoms with Crippen molar-refractivity contribution >= 4 is 56.6 Å². The van der Waals surface area contributed by atoms with Gasteiger partial charge in [-0.1, -0.05) is 53.5 Å². The highest BCUT2D eigenvalue weighted by Gasteiger charge is 2.20. The molecule has 1 amide bonds. The fraction of sp³-hybridized carbons (Fsp3) is 0.208. The van der Waals surface area contributed by atoms with E-state index in [0.29, 0.717) is 39.2 Å². The van der Waals surface area contributed by atoms with E-state index in [1.165, 1.54) is 6.07 Å². The van der Waals surface area contributed by atoms with Crippen molar-refractivity contribution in [3.05, 3.63) is 93.0 Å². The maximum absolute atomic E-state index is 13.0. The number of amides is 1. The first kappa shape index (κ1) is 25.4. The van der Waals surface area contributed by atoms with Gasteiger partial charge in [-0.25, -0.2) is 8.42 Å². The Balaban J connectivity index is 1.59. The van der Waals surface area contributed by atoms with Crippen molar-refractivity contribution in [3.63, 3.8) is 0 Å². The van der Waals surface area contributed by atoms with Gasteiger partial charge in [-0.3, -0.25) is 9.52 Å².